The molecule has 0 amide bonds. The summed E-state index contributed by atoms with van der Waals surface area (Å²) in [6, 6.07) is 12.0. The fourth-order valence-corrected chi connectivity index (χ4v) is 2.38. The van der Waals surface area contributed by atoms with Crippen molar-refractivity contribution in [1.29, 1.82) is 0 Å². The maximum absolute atomic E-state index is 9.79. The standard InChI is InChI=1S/C13H12O3S/c1-16-11-7-4-6-10(15)13(11)17-12-8-3-2-5-9(12)14/h2-8,14-15H,1H3. The molecule has 0 heterocycles. The van der Waals surface area contributed by atoms with E-state index in [1.54, 1.807) is 43.5 Å². The average molecular weight is 248 g/mol. The molecule has 0 aliphatic carbocycles. The quantitative estimate of drug-likeness (QED) is 0.875. The number of aromatic hydroxyl groups is 2. The van der Waals surface area contributed by atoms with E-state index in [0.29, 0.717) is 15.5 Å². The summed E-state index contributed by atoms with van der Waals surface area (Å²) in [7, 11) is 1.55. The molecule has 0 aliphatic heterocycles. The molecule has 4 heteroatoms. The van der Waals surface area contributed by atoms with E-state index in [-0.39, 0.29) is 11.5 Å². The summed E-state index contributed by atoms with van der Waals surface area (Å²) < 4.78 is 5.18. The van der Waals surface area contributed by atoms with Gasteiger partial charge in [0.1, 0.15) is 17.2 Å². The first-order valence-corrected chi connectivity index (χ1v) is 5.86. The lowest BCUT2D eigenvalue weighted by atomic mass is 10.3. The Morgan fingerprint density at radius 2 is 1.65 bits per heavy atom. The largest absolute Gasteiger partial charge is 0.507 e. The van der Waals surface area contributed by atoms with E-state index < -0.39 is 0 Å². The minimum absolute atomic E-state index is 0.137. The SMILES string of the molecule is COc1cccc(O)c1Sc1ccccc1O. The molecule has 0 bridgehead atoms. The monoisotopic (exact) mass is 248 g/mol. The first-order valence-electron chi connectivity index (χ1n) is 5.04. The molecule has 0 fully saturated rings. The number of phenolic OH excluding ortho intramolecular Hbond substituents is 2. The fraction of sp³-hybridized carbons (Fsp3) is 0.0769. The van der Waals surface area contributed by atoms with Crippen LogP contribution in [0, 0.1) is 0 Å². The second kappa shape index (κ2) is 5.01. The van der Waals surface area contributed by atoms with E-state index in [1.165, 1.54) is 11.8 Å². The van der Waals surface area contributed by atoms with E-state index in [1.807, 2.05) is 6.07 Å². The van der Waals surface area contributed by atoms with Gasteiger partial charge in [0.2, 0.25) is 0 Å². The van der Waals surface area contributed by atoms with Crippen LogP contribution in [0.2, 0.25) is 0 Å². The number of phenols is 2. The third kappa shape index (κ3) is 2.47. The Bertz CT molecular complexity index is 526. The van der Waals surface area contributed by atoms with Crippen LogP contribution in [0.4, 0.5) is 0 Å². The van der Waals surface area contributed by atoms with Crippen molar-refractivity contribution in [3.63, 3.8) is 0 Å². The Balaban J connectivity index is 2.39. The van der Waals surface area contributed by atoms with Crippen LogP contribution < -0.4 is 4.74 Å². The van der Waals surface area contributed by atoms with Crippen molar-refractivity contribution in [2.75, 3.05) is 7.11 Å². The molecule has 0 aromatic heterocycles. The van der Waals surface area contributed by atoms with Gasteiger partial charge in [-0.2, -0.15) is 0 Å². The summed E-state index contributed by atoms with van der Waals surface area (Å²) in [5.41, 5.74) is 0. The molecule has 2 rings (SSSR count). The number of hydrogen-bond acceptors (Lipinski definition) is 4. The van der Waals surface area contributed by atoms with Crippen molar-refractivity contribution in [2.45, 2.75) is 9.79 Å². The third-order valence-corrected chi connectivity index (χ3v) is 3.43. The zero-order chi connectivity index (χ0) is 12.3. The number of methoxy groups -OCH3 is 1. The van der Waals surface area contributed by atoms with Crippen molar-refractivity contribution >= 4 is 11.8 Å². The van der Waals surface area contributed by atoms with Crippen LogP contribution >= 0.6 is 11.8 Å². The molecule has 2 N–H and O–H groups in total. The van der Waals surface area contributed by atoms with Gasteiger partial charge in [-0.05, 0) is 24.3 Å². The van der Waals surface area contributed by atoms with Gasteiger partial charge in [0.15, 0.2) is 0 Å². The number of ether oxygens (including phenoxy) is 1. The molecule has 0 radical (unpaired) electrons. The van der Waals surface area contributed by atoms with E-state index in [2.05, 4.69) is 0 Å². The Labute approximate surface area is 104 Å². The molecule has 17 heavy (non-hydrogen) atoms. The molecule has 0 spiro atoms. The highest BCUT2D eigenvalue weighted by molar-refractivity contribution is 7.99. The van der Waals surface area contributed by atoms with Gasteiger partial charge in [-0.1, -0.05) is 30.0 Å². The van der Waals surface area contributed by atoms with Crippen molar-refractivity contribution in [3.05, 3.63) is 42.5 Å². The van der Waals surface area contributed by atoms with E-state index >= 15 is 0 Å². The number of rotatable bonds is 3. The molecule has 2 aromatic carbocycles. The summed E-state index contributed by atoms with van der Waals surface area (Å²) >= 11 is 1.27. The Kier molecular flexibility index (Phi) is 3.44. The molecule has 0 saturated carbocycles. The molecule has 0 unspecified atom stereocenters. The zero-order valence-corrected chi connectivity index (χ0v) is 10.1. The van der Waals surface area contributed by atoms with E-state index in [0.717, 1.165) is 0 Å². The maximum atomic E-state index is 9.79. The predicted molar refractivity (Wildman–Crippen MR) is 66.9 cm³/mol. The summed E-state index contributed by atoms with van der Waals surface area (Å²) in [6.07, 6.45) is 0. The van der Waals surface area contributed by atoms with Gasteiger partial charge < -0.3 is 14.9 Å². The normalized spacial score (nSPS) is 10.2. The Hall–Kier alpha value is -1.81. The summed E-state index contributed by atoms with van der Waals surface area (Å²) in [5, 5.41) is 19.5. The maximum Gasteiger partial charge on any atom is 0.136 e. The highest BCUT2D eigenvalue weighted by atomic mass is 32.2. The van der Waals surface area contributed by atoms with Gasteiger partial charge in [-0.15, -0.1) is 0 Å². The summed E-state index contributed by atoms with van der Waals surface area (Å²) in [4.78, 5) is 1.27. The van der Waals surface area contributed by atoms with Crippen molar-refractivity contribution in [2.24, 2.45) is 0 Å². The number of para-hydroxylation sites is 1. The van der Waals surface area contributed by atoms with Crippen molar-refractivity contribution in [3.8, 4) is 17.2 Å². The van der Waals surface area contributed by atoms with Crippen LogP contribution in [0.3, 0.4) is 0 Å². The minimum atomic E-state index is 0.137. The van der Waals surface area contributed by atoms with Gasteiger partial charge in [0.05, 0.1) is 16.9 Å². The smallest absolute Gasteiger partial charge is 0.136 e. The van der Waals surface area contributed by atoms with Gasteiger partial charge in [-0.3, -0.25) is 0 Å². The van der Waals surface area contributed by atoms with Crippen LogP contribution in [0.15, 0.2) is 52.3 Å². The van der Waals surface area contributed by atoms with Gasteiger partial charge in [-0.25, -0.2) is 0 Å². The molecular weight excluding hydrogens is 236 g/mol. The van der Waals surface area contributed by atoms with Gasteiger partial charge >= 0.3 is 0 Å². The summed E-state index contributed by atoms with van der Waals surface area (Å²) in [5.74, 6) is 0.902. The molecule has 0 saturated heterocycles. The van der Waals surface area contributed by atoms with Crippen LogP contribution in [-0.2, 0) is 0 Å². The highest BCUT2D eigenvalue weighted by Gasteiger charge is 2.11. The van der Waals surface area contributed by atoms with Gasteiger partial charge in [0, 0.05) is 0 Å². The van der Waals surface area contributed by atoms with Gasteiger partial charge in [0.25, 0.3) is 0 Å². The topological polar surface area (TPSA) is 49.7 Å². The van der Waals surface area contributed by atoms with Crippen LogP contribution in [0.25, 0.3) is 0 Å². The third-order valence-electron chi connectivity index (χ3n) is 2.26. The van der Waals surface area contributed by atoms with E-state index in [4.69, 9.17) is 4.74 Å². The first-order chi connectivity index (χ1) is 8.22. The van der Waals surface area contributed by atoms with Crippen molar-refractivity contribution < 1.29 is 14.9 Å². The van der Waals surface area contributed by atoms with E-state index in [9.17, 15) is 10.2 Å². The zero-order valence-electron chi connectivity index (χ0n) is 9.25. The molecular formula is C13H12O3S. The van der Waals surface area contributed by atoms with Crippen LogP contribution in [0.1, 0.15) is 0 Å². The fourth-order valence-electron chi connectivity index (χ4n) is 1.42. The average Bonchev–Trinajstić information content (AvgIpc) is 2.34. The highest BCUT2D eigenvalue weighted by Crippen LogP contribution is 2.43. The van der Waals surface area contributed by atoms with Crippen LogP contribution in [-0.4, -0.2) is 17.3 Å². The molecule has 2 aromatic rings. The lowest BCUT2D eigenvalue weighted by Gasteiger charge is -2.10. The molecule has 3 nitrogen and oxygen atoms in total. The second-order valence-corrected chi connectivity index (χ2v) is 4.43. The summed E-state index contributed by atoms with van der Waals surface area (Å²) in [6.45, 7) is 0. The number of benzene rings is 2. The second-order valence-electron chi connectivity index (χ2n) is 3.38. The minimum Gasteiger partial charge on any atom is -0.507 e. The molecule has 88 valence electrons. The van der Waals surface area contributed by atoms with Crippen LogP contribution in [0.5, 0.6) is 17.2 Å². The lowest BCUT2D eigenvalue weighted by Crippen LogP contribution is -1.86. The Morgan fingerprint density at radius 3 is 2.35 bits per heavy atom. The predicted octanol–water partition coefficient (Wildman–Crippen LogP) is 3.26. The number of hydrogen-bond donors (Lipinski definition) is 2. The Morgan fingerprint density at radius 1 is 0.941 bits per heavy atom. The molecule has 0 atom stereocenters. The first kappa shape index (κ1) is 11.7. The lowest BCUT2D eigenvalue weighted by molar-refractivity contribution is 0.391. The van der Waals surface area contributed by atoms with Crippen molar-refractivity contribution in [1.82, 2.24) is 0 Å². The molecule has 0 aliphatic rings.